The molecule has 3 amide bonds. The van der Waals surface area contributed by atoms with Gasteiger partial charge in [0.15, 0.2) is 6.61 Å². The molecule has 0 aliphatic heterocycles. The first-order chi connectivity index (χ1) is 12.3. The number of aryl methyl sites for hydroxylation is 2. The maximum absolute atomic E-state index is 12.0. The molecule has 8 nitrogen and oxygen atoms in total. The van der Waals surface area contributed by atoms with E-state index < -0.39 is 24.5 Å². The maximum Gasteiger partial charge on any atom is 0.338 e. The van der Waals surface area contributed by atoms with Crippen molar-refractivity contribution in [2.75, 3.05) is 6.61 Å². The van der Waals surface area contributed by atoms with Crippen molar-refractivity contribution in [3.05, 3.63) is 47.3 Å². The van der Waals surface area contributed by atoms with Crippen molar-refractivity contribution in [1.29, 1.82) is 0 Å². The van der Waals surface area contributed by atoms with Crippen LogP contribution in [0.25, 0.3) is 5.69 Å². The Bertz CT molecular complexity index is 809. The molecule has 2 aromatic rings. The second kappa shape index (κ2) is 8.28. The number of ether oxygens (including phenoxy) is 1. The molecule has 0 atom stereocenters. The van der Waals surface area contributed by atoms with E-state index in [1.54, 1.807) is 42.8 Å². The highest BCUT2D eigenvalue weighted by Crippen LogP contribution is 2.13. The first-order valence-electron chi connectivity index (χ1n) is 8.17. The smallest absolute Gasteiger partial charge is 0.338 e. The molecule has 0 radical (unpaired) electrons. The molecule has 0 saturated heterocycles. The Kier molecular flexibility index (Phi) is 6.11. The Labute approximate surface area is 151 Å². The van der Waals surface area contributed by atoms with Gasteiger partial charge in [-0.2, -0.15) is 5.10 Å². The van der Waals surface area contributed by atoms with Gasteiger partial charge < -0.3 is 10.1 Å². The quantitative estimate of drug-likeness (QED) is 0.795. The van der Waals surface area contributed by atoms with Gasteiger partial charge in [-0.05, 0) is 58.0 Å². The molecule has 0 fully saturated rings. The summed E-state index contributed by atoms with van der Waals surface area (Å²) in [6, 6.07) is 7.89. The summed E-state index contributed by atoms with van der Waals surface area (Å²) in [5, 5.41) is 8.95. The Morgan fingerprint density at radius 3 is 2.35 bits per heavy atom. The molecule has 26 heavy (non-hydrogen) atoms. The van der Waals surface area contributed by atoms with Gasteiger partial charge in [0.25, 0.3) is 5.91 Å². The molecule has 0 aliphatic carbocycles. The highest BCUT2D eigenvalue weighted by molar-refractivity contribution is 5.97. The fourth-order valence-corrected chi connectivity index (χ4v) is 2.30. The van der Waals surface area contributed by atoms with Crippen molar-refractivity contribution in [3.63, 3.8) is 0 Å². The van der Waals surface area contributed by atoms with Crippen LogP contribution in [0, 0.1) is 13.8 Å². The number of hydrogen-bond donors (Lipinski definition) is 2. The number of amides is 3. The molecule has 0 aliphatic rings. The minimum atomic E-state index is -0.698. The maximum atomic E-state index is 12.0. The van der Waals surface area contributed by atoms with Crippen LogP contribution < -0.4 is 10.6 Å². The van der Waals surface area contributed by atoms with Crippen molar-refractivity contribution < 1.29 is 19.1 Å². The third kappa shape index (κ3) is 5.17. The van der Waals surface area contributed by atoms with Gasteiger partial charge in [-0.3, -0.25) is 10.1 Å². The van der Waals surface area contributed by atoms with E-state index in [1.807, 2.05) is 19.9 Å². The fourth-order valence-electron chi connectivity index (χ4n) is 2.30. The van der Waals surface area contributed by atoms with E-state index >= 15 is 0 Å². The van der Waals surface area contributed by atoms with E-state index in [2.05, 4.69) is 15.7 Å². The van der Waals surface area contributed by atoms with Gasteiger partial charge >= 0.3 is 12.0 Å². The molecule has 0 saturated carbocycles. The highest BCUT2D eigenvalue weighted by atomic mass is 16.5. The van der Waals surface area contributed by atoms with Gasteiger partial charge in [-0.25, -0.2) is 14.3 Å². The van der Waals surface area contributed by atoms with Crippen molar-refractivity contribution in [1.82, 2.24) is 20.4 Å². The first kappa shape index (κ1) is 19.2. The van der Waals surface area contributed by atoms with Crippen LogP contribution in [0.2, 0.25) is 0 Å². The molecule has 1 heterocycles. The lowest BCUT2D eigenvalue weighted by Gasteiger charge is -2.09. The second-order valence-electron chi connectivity index (χ2n) is 6.14. The van der Waals surface area contributed by atoms with Crippen LogP contribution in [0.15, 0.2) is 30.3 Å². The Balaban J connectivity index is 1.91. The van der Waals surface area contributed by atoms with Gasteiger partial charge in [0, 0.05) is 11.7 Å². The Hall–Kier alpha value is -3.16. The first-order valence-corrected chi connectivity index (χ1v) is 8.17. The third-order valence-electron chi connectivity index (χ3n) is 3.36. The molecule has 0 bridgehead atoms. The SMILES string of the molecule is Cc1cc(C)n(-c2ccc(C(=O)OCC(=O)NC(=O)NC(C)C)cc2)n1. The number of rotatable bonds is 5. The molecule has 1 aromatic carbocycles. The molecule has 1 aromatic heterocycles. The second-order valence-corrected chi connectivity index (χ2v) is 6.14. The Morgan fingerprint density at radius 2 is 1.81 bits per heavy atom. The van der Waals surface area contributed by atoms with Crippen molar-refractivity contribution in [3.8, 4) is 5.69 Å². The van der Waals surface area contributed by atoms with Crippen LogP contribution in [0.4, 0.5) is 4.79 Å². The summed E-state index contributed by atoms with van der Waals surface area (Å²) in [4.78, 5) is 35.0. The molecule has 2 rings (SSSR count). The molecule has 0 spiro atoms. The van der Waals surface area contributed by atoms with Gasteiger partial charge in [0.1, 0.15) is 0 Å². The monoisotopic (exact) mass is 358 g/mol. The highest BCUT2D eigenvalue weighted by Gasteiger charge is 2.13. The largest absolute Gasteiger partial charge is 0.452 e. The standard InChI is InChI=1S/C18H22N4O4/c1-11(2)19-18(25)20-16(23)10-26-17(24)14-5-7-15(8-6-14)22-13(4)9-12(3)21-22/h5-9,11H,10H2,1-4H3,(H2,19,20,23,25). The van der Waals surface area contributed by atoms with E-state index in [1.165, 1.54) is 0 Å². The number of urea groups is 1. The number of carbonyl (C=O) groups excluding carboxylic acids is 3. The zero-order valence-corrected chi connectivity index (χ0v) is 15.2. The molecule has 138 valence electrons. The summed E-state index contributed by atoms with van der Waals surface area (Å²) in [5.74, 6) is -1.35. The lowest BCUT2D eigenvalue weighted by Crippen LogP contribution is -2.44. The fraction of sp³-hybridized carbons (Fsp3) is 0.333. The van der Waals surface area contributed by atoms with Crippen LogP contribution in [0.1, 0.15) is 35.6 Å². The Morgan fingerprint density at radius 1 is 1.15 bits per heavy atom. The van der Waals surface area contributed by atoms with Crippen LogP contribution in [-0.2, 0) is 9.53 Å². The number of benzene rings is 1. The van der Waals surface area contributed by atoms with Gasteiger partial charge in [0.05, 0.1) is 16.9 Å². The number of esters is 1. The summed E-state index contributed by atoms with van der Waals surface area (Å²) >= 11 is 0. The zero-order valence-electron chi connectivity index (χ0n) is 15.2. The lowest BCUT2D eigenvalue weighted by molar-refractivity contribution is -0.123. The van der Waals surface area contributed by atoms with Crippen LogP contribution >= 0.6 is 0 Å². The van der Waals surface area contributed by atoms with E-state index in [0.29, 0.717) is 5.56 Å². The van der Waals surface area contributed by atoms with E-state index in [9.17, 15) is 14.4 Å². The normalized spacial score (nSPS) is 10.5. The van der Waals surface area contributed by atoms with Gasteiger partial charge in [-0.15, -0.1) is 0 Å². The summed E-state index contributed by atoms with van der Waals surface area (Å²) in [6.07, 6.45) is 0. The van der Waals surface area contributed by atoms with Crippen molar-refractivity contribution in [2.24, 2.45) is 0 Å². The molecule has 0 unspecified atom stereocenters. The lowest BCUT2D eigenvalue weighted by atomic mass is 10.2. The number of carbonyl (C=O) groups is 3. The molecular formula is C18H22N4O4. The van der Waals surface area contributed by atoms with Crippen molar-refractivity contribution >= 4 is 17.9 Å². The average molecular weight is 358 g/mol. The summed E-state index contributed by atoms with van der Waals surface area (Å²) in [6.45, 7) is 6.83. The third-order valence-corrected chi connectivity index (χ3v) is 3.36. The topological polar surface area (TPSA) is 102 Å². The zero-order chi connectivity index (χ0) is 19.3. The number of nitrogens with one attached hydrogen (secondary N) is 2. The number of imide groups is 1. The average Bonchev–Trinajstić information content (AvgIpc) is 2.90. The predicted octanol–water partition coefficient (Wildman–Crippen LogP) is 1.88. The van der Waals surface area contributed by atoms with Gasteiger partial charge in [0.2, 0.25) is 0 Å². The van der Waals surface area contributed by atoms with E-state index in [0.717, 1.165) is 17.1 Å². The number of hydrogen-bond acceptors (Lipinski definition) is 5. The number of nitrogens with zero attached hydrogens (tertiary/aromatic N) is 2. The molecule has 2 N–H and O–H groups in total. The van der Waals surface area contributed by atoms with Crippen LogP contribution in [-0.4, -0.2) is 40.3 Å². The summed E-state index contributed by atoms with van der Waals surface area (Å²) in [7, 11) is 0. The minimum Gasteiger partial charge on any atom is -0.452 e. The summed E-state index contributed by atoms with van der Waals surface area (Å²) in [5.41, 5.74) is 3.00. The molecular weight excluding hydrogens is 336 g/mol. The van der Waals surface area contributed by atoms with Crippen LogP contribution in [0.5, 0.6) is 0 Å². The predicted molar refractivity (Wildman–Crippen MR) is 95.1 cm³/mol. The summed E-state index contributed by atoms with van der Waals surface area (Å²) < 4.78 is 6.68. The van der Waals surface area contributed by atoms with Crippen LogP contribution in [0.3, 0.4) is 0 Å². The van der Waals surface area contributed by atoms with Crippen molar-refractivity contribution in [2.45, 2.75) is 33.7 Å². The van der Waals surface area contributed by atoms with Gasteiger partial charge in [-0.1, -0.05) is 0 Å². The minimum absolute atomic E-state index is 0.105. The van der Waals surface area contributed by atoms with E-state index in [4.69, 9.17) is 4.74 Å². The van der Waals surface area contributed by atoms with E-state index in [-0.39, 0.29) is 6.04 Å². The number of aromatic nitrogens is 2. The molecule has 8 heteroatoms.